The Bertz CT molecular complexity index is 810. The topological polar surface area (TPSA) is 78.9 Å². The first kappa shape index (κ1) is 26.3. The van der Waals surface area contributed by atoms with E-state index in [9.17, 15) is 4.79 Å². The van der Waals surface area contributed by atoms with Crippen molar-refractivity contribution in [3.8, 4) is 0 Å². The molecule has 0 aliphatic heterocycles. The monoisotopic (exact) mass is 545 g/mol. The van der Waals surface area contributed by atoms with E-state index in [4.69, 9.17) is 4.74 Å². The highest BCUT2D eigenvalue weighted by Gasteiger charge is 2.12. The Hall–Kier alpha value is -1.72. The summed E-state index contributed by atoms with van der Waals surface area (Å²) in [6.07, 6.45) is 1.39. The molecule has 1 amide bonds. The molecule has 0 radical (unpaired) electrons. The maximum absolute atomic E-state index is 11.7. The molecule has 9 heteroatoms. The molecule has 1 aromatic heterocycles. The average Bonchev–Trinajstić information content (AvgIpc) is 3.17. The van der Waals surface area contributed by atoms with Crippen LogP contribution in [0, 0.1) is 0 Å². The lowest BCUT2D eigenvalue weighted by Crippen LogP contribution is -2.38. The zero-order valence-corrected chi connectivity index (χ0v) is 21.4. The number of guanidine groups is 1. The first-order chi connectivity index (χ1) is 14.0. The standard InChI is InChI=1S/C21H31N5O2S.HI/c1-6-7-19(27)24-17-10-8-16(9-11-17)12-23-21(22-3)26(4)13-18-14-29-20(25-18)15(2)28-5;/h8-11,14-15H,6-7,12-13H2,1-5H3,(H,22,23)(H,24,27);1H. The van der Waals surface area contributed by atoms with Gasteiger partial charge in [-0.3, -0.25) is 9.79 Å². The van der Waals surface area contributed by atoms with E-state index in [0.29, 0.717) is 19.5 Å². The highest BCUT2D eigenvalue weighted by molar-refractivity contribution is 14.0. The number of aliphatic imine (C=N–C) groups is 1. The summed E-state index contributed by atoms with van der Waals surface area (Å²) in [7, 11) is 5.44. The number of hydrogen-bond acceptors (Lipinski definition) is 5. The number of carbonyl (C=O) groups excluding carboxylic acids is 1. The van der Waals surface area contributed by atoms with Crippen molar-refractivity contribution in [1.29, 1.82) is 0 Å². The molecule has 2 aromatic rings. The van der Waals surface area contributed by atoms with Gasteiger partial charge in [-0.15, -0.1) is 35.3 Å². The molecule has 1 aromatic carbocycles. The fourth-order valence-corrected chi connectivity index (χ4v) is 3.56. The molecule has 2 rings (SSSR count). The van der Waals surface area contributed by atoms with E-state index in [1.807, 2.05) is 50.1 Å². The van der Waals surface area contributed by atoms with Gasteiger partial charge in [0.1, 0.15) is 11.1 Å². The first-order valence-corrected chi connectivity index (χ1v) is 10.6. The molecule has 0 fully saturated rings. The molecular formula is C21H32IN5O2S. The van der Waals surface area contributed by atoms with Gasteiger partial charge in [-0.1, -0.05) is 19.1 Å². The van der Waals surface area contributed by atoms with E-state index < -0.39 is 0 Å². The van der Waals surface area contributed by atoms with Crippen LogP contribution in [0.2, 0.25) is 0 Å². The number of nitrogens with zero attached hydrogens (tertiary/aromatic N) is 3. The minimum absolute atomic E-state index is 0. The molecular weight excluding hydrogens is 513 g/mol. The summed E-state index contributed by atoms with van der Waals surface area (Å²) in [5, 5.41) is 9.30. The number of methoxy groups -OCH3 is 1. The van der Waals surface area contributed by atoms with Gasteiger partial charge in [0.15, 0.2) is 5.96 Å². The molecule has 1 unspecified atom stereocenters. The summed E-state index contributed by atoms with van der Waals surface area (Å²) in [6, 6.07) is 7.84. The van der Waals surface area contributed by atoms with Gasteiger partial charge in [0.2, 0.25) is 5.91 Å². The average molecular weight is 545 g/mol. The first-order valence-electron chi connectivity index (χ1n) is 9.74. The molecule has 0 aliphatic carbocycles. The van der Waals surface area contributed by atoms with Crippen LogP contribution in [0.4, 0.5) is 5.69 Å². The molecule has 0 saturated heterocycles. The number of anilines is 1. The van der Waals surface area contributed by atoms with Crippen molar-refractivity contribution in [3.05, 3.63) is 45.9 Å². The Labute approximate surface area is 200 Å². The molecule has 7 nitrogen and oxygen atoms in total. The summed E-state index contributed by atoms with van der Waals surface area (Å²) < 4.78 is 5.33. The van der Waals surface area contributed by atoms with Gasteiger partial charge < -0.3 is 20.3 Å². The number of aromatic nitrogens is 1. The number of benzene rings is 1. The molecule has 1 heterocycles. The Morgan fingerprint density at radius 2 is 2.03 bits per heavy atom. The lowest BCUT2D eigenvalue weighted by atomic mass is 10.2. The zero-order valence-electron chi connectivity index (χ0n) is 18.3. The van der Waals surface area contributed by atoms with Crippen LogP contribution in [-0.4, -0.2) is 43.0 Å². The Morgan fingerprint density at radius 3 is 2.63 bits per heavy atom. The second-order valence-corrected chi connectivity index (χ2v) is 7.70. The van der Waals surface area contributed by atoms with Crippen molar-refractivity contribution in [1.82, 2.24) is 15.2 Å². The molecule has 2 N–H and O–H groups in total. The van der Waals surface area contributed by atoms with Crippen molar-refractivity contribution in [3.63, 3.8) is 0 Å². The number of halogens is 1. The summed E-state index contributed by atoms with van der Waals surface area (Å²) >= 11 is 1.61. The summed E-state index contributed by atoms with van der Waals surface area (Å²) in [4.78, 5) is 22.7. The van der Waals surface area contributed by atoms with Crippen LogP contribution >= 0.6 is 35.3 Å². The fourth-order valence-electron chi connectivity index (χ4n) is 2.72. The third-order valence-corrected chi connectivity index (χ3v) is 5.46. The van der Waals surface area contributed by atoms with Crippen LogP contribution < -0.4 is 10.6 Å². The van der Waals surface area contributed by atoms with E-state index in [2.05, 4.69) is 26.0 Å². The largest absolute Gasteiger partial charge is 0.375 e. The third kappa shape index (κ3) is 8.19. The molecule has 0 spiro atoms. The second kappa shape index (κ2) is 13.6. The lowest BCUT2D eigenvalue weighted by Gasteiger charge is -2.21. The van der Waals surface area contributed by atoms with Gasteiger partial charge in [-0.05, 0) is 31.0 Å². The predicted octanol–water partition coefficient (Wildman–Crippen LogP) is 4.41. The highest BCUT2D eigenvalue weighted by atomic mass is 127. The minimum atomic E-state index is 0. The third-order valence-electron chi connectivity index (χ3n) is 4.41. The summed E-state index contributed by atoms with van der Waals surface area (Å²) in [5.74, 6) is 0.838. The van der Waals surface area contributed by atoms with Crippen molar-refractivity contribution in [2.75, 3.05) is 26.5 Å². The maximum atomic E-state index is 11.7. The normalized spacial score (nSPS) is 12.1. The zero-order chi connectivity index (χ0) is 21.2. The number of hydrogen-bond donors (Lipinski definition) is 2. The van der Waals surface area contributed by atoms with Gasteiger partial charge in [0.25, 0.3) is 0 Å². The van der Waals surface area contributed by atoms with Gasteiger partial charge >= 0.3 is 0 Å². The molecule has 0 bridgehead atoms. The Kier molecular flexibility index (Phi) is 11.9. The number of thiazole rings is 1. The van der Waals surface area contributed by atoms with Crippen LogP contribution in [-0.2, 0) is 22.6 Å². The van der Waals surface area contributed by atoms with Gasteiger partial charge in [-0.25, -0.2) is 4.98 Å². The molecule has 1 atom stereocenters. The molecule has 30 heavy (non-hydrogen) atoms. The van der Waals surface area contributed by atoms with E-state index in [0.717, 1.165) is 34.3 Å². The smallest absolute Gasteiger partial charge is 0.224 e. The molecule has 0 aliphatic rings. The minimum Gasteiger partial charge on any atom is -0.375 e. The predicted molar refractivity (Wildman–Crippen MR) is 135 cm³/mol. The number of carbonyl (C=O) groups is 1. The van der Waals surface area contributed by atoms with Crippen LogP contribution in [0.5, 0.6) is 0 Å². The summed E-state index contributed by atoms with van der Waals surface area (Å²) in [6.45, 7) is 5.29. The van der Waals surface area contributed by atoms with Crippen molar-refractivity contribution >= 4 is 52.9 Å². The SMILES string of the molecule is CCCC(=O)Nc1ccc(CNC(=NC)N(C)Cc2csc(C(C)OC)n2)cc1.I. The van der Waals surface area contributed by atoms with Crippen molar-refractivity contribution in [2.24, 2.45) is 4.99 Å². The lowest BCUT2D eigenvalue weighted by molar-refractivity contribution is -0.116. The van der Waals surface area contributed by atoms with Gasteiger partial charge in [0, 0.05) is 45.2 Å². The number of nitrogens with one attached hydrogen (secondary N) is 2. The van der Waals surface area contributed by atoms with Crippen LogP contribution in [0.15, 0.2) is 34.6 Å². The van der Waals surface area contributed by atoms with E-state index in [-0.39, 0.29) is 36.0 Å². The molecule has 166 valence electrons. The van der Waals surface area contributed by atoms with E-state index >= 15 is 0 Å². The quantitative estimate of drug-likeness (QED) is 0.277. The summed E-state index contributed by atoms with van der Waals surface area (Å²) in [5.41, 5.74) is 2.92. The second-order valence-electron chi connectivity index (χ2n) is 6.81. The van der Waals surface area contributed by atoms with E-state index in [1.54, 1.807) is 25.5 Å². The van der Waals surface area contributed by atoms with Crippen LogP contribution in [0.25, 0.3) is 0 Å². The van der Waals surface area contributed by atoms with E-state index in [1.165, 1.54) is 0 Å². The fraction of sp³-hybridized carbons (Fsp3) is 0.476. The van der Waals surface area contributed by atoms with Crippen molar-refractivity contribution < 1.29 is 9.53 Å². The van der Waals surface area contributed by atoms with Crippen molar-refractivity contribution in [2.45, 2.75) is 45.9 Å². The van der Waals surface area contributed by atoms with Crippen LogP contribution in [0.3, 0.4) is 0 Å². The Balaban J connectivity index is 0.00000450. The Morgan fingerprint density at radius 1 is 1.33 bits per heavy atom. The number of rotatable bonds is 9. The number of ether oxygens (including phenoxy) is 1. The van der Waals surface area contributed by atoms with Gasteiger partial charge in [0.05, 0.1) is 12.2 Å². The molecule has 0 saturated carbocycles. The highest BCUT2D eigenvalue weighted by Crippen LogP contribution is 2.21. The maximum Gasteiger partial charge on any atom is 0.224 e. The van der Waals surface area contributed by atoms with Crippen LogP contribution in [0.1, 0.15) is 49.1 Å². The van der Waals surface area contributed by atoms with Gasteiger partial charge in [-0.2, -0.15) is 0 Å². The number of amides is 1.